The monoisotopic (exact) mass is 392 g/mol. The molecule has 1 aliphatic carbocycles. The Morgan fingerprint density at radius 1 is 1.31 bits per heavy atom. The van der Waals surface area contributed by atoms with Crippen LogP contribution in [0.4, 0.5) is 0 Å². The molecule has 1 amide bonds. The van der Waals surface area contributed by atoms with Crippen LogP contribution in [0.3, 0.4) is 0 Å². The van der Waals surface area contributed by atoms with Gasteiger partial charge in [-0.2, -0.15) is 4.98 Å². The van der Waals surface area contributed by atoms with Gasteiger partial charge in [-0.05, 0) is 56.0 Å². The molecule has 0 aliphatic heterocycles. The van der Waals surface area contributed by atoms with E-state index in [2.05, 4.69) is 26.5 Å². The number of aromatic nitrogens is 3. The minimum atomic E-state index is -1.10. The summed E-state index contributed by atoms with van der Waals surface area (Å²) in [7, 11) is 0. The maximum absolute atomic E-state index is 12.8. The second-order valence-electron chi connectivity index (χ2n) is 7.83. The number of pyridine rings is 1. The minimum Gasteiger partial charge on any atom is -0.384 e. The van der Waals surface area contributed by atoms with Gasteiger partial charge in [-0.15, -0.1) is 0 Å². The average Bonchev–Trinajstić information content (AvgIpc) is 3.34. The molecule has 1 aliphatic rings. The highest BCUT2D eigenvalue weighted by atomic mass is 16.5. The predicted molar refractivity (Wildman–Crippen MR) is 107 cm³/mol. The fourth-order valence-electron chi connectivity index (χ4n) is 3.57. The molecule has 2 heterocycles. The largest absolute Gasteiger partial charge is 0.384 e. The van der Waals surface area contributed by atoms with Crippen molar-refractivity contribution in [2.45, 2.75) is 51.7 Å². The molecule has 3 aromatic rings. The van der Waals surface area contributed by atoms with E-state index < -0.39 is 5.60 Å². The molecule has 150 valence electrons. The van der Waals surface area contributed by atoms with Crippen LogP contribution in [0, 0.1) is 0 Å². The third kappa shape index (κ3) is 3.91. The highest BCUT2D eigenvalue weighted by molar-refractivity contribution is 5.94. The third-order valence-corrected chi connectivity index (χ3v) is 5.20. The number of rotatable bonds is 5. The van der Waals surface area contributed by atoms with E-state index in [1.165, 1.54) is 5.56 Å². The second-order valence-corrected chi connectivity index (χ2v) is 7.83. The third-order valence-electron chi connectivity index (χ3n) is 5.20. The summed E-state index contributed by atoms with van der Waals surface area (Å²) in [5.74, 6) is 1.03. The molecule has 0 fully saturated rings. The second kappa shape index (κ2) is 7.40. The fraction of sp³-hybridized carbons (Fsp3) is 0.364. The number of nitrogens with zero attached hydrogens (tertiary/aromatic N) is 3. The molecule has 0 radical (unpaired) electrons. The first-order valence-electron chi connectivity index (χ1n) is 9.80. The van der Waals surface area contributed by atoms with E-state index in [4.69, 9.17) is 4.52 Å². The lowest BCUT2D eigenvalue weighted by molar-refractivity contribution is 0.0736. The van der Waals surface area contributed by atoms with Gasteiger partial charge in [0.25, 0.3) is 5.91 Å². The summed E-state index contributed by atoms with van der Waals surface area (Å²) in [5.41, 5.74) is 3.07. The zero-order chi connectivity index (χ0) is 20.6. The molecule has 0 bridgehead atoms. The molecule has 29 heavy (non-hydrogen) atoms. The molecule has 1 unspecified atom stereocenters. The van der Waals surface area contributed by atoms with Crippen molar-refractivity contribution >= 4 is 5.91 Å². The Bertz CT molecular complexity index is 1050. The first-order chi connectivity index (χ1) is 13.8. The van der Waals surface area contributed by atoms with Crippen molar-refractivity contribution in [2.75, 3.05) is 0 Å². The highest BCUT2D eigenvalue weighted by Crippen LogP contribution is 2.34. The topological polar surface area (TPSA) is 101 Å². The summed E-state index contributed by atoms with van der Waals surface area (Å²) in [4.78, 5) is 21.3. The number of carbonyl (C=O) groups is 1. The smallest absolute Gasteiger partial charge is 0.251 e. The van der Waals surface area contributed by atoms with E-state index in [1.807, 2.05) is 19.1 Å². The Kier molecular flexibility index (Phi) is 4.92. The van der Waals surface area contributed by atoms with Crippen LogP contribution in [0.1, 0.15) is 66.3 Å². The van der Waals surface area contributed by atoms with E-state index in [0.717, 1.165) is 24.0 Å². The molecular weight excluding hydrogens is 368 g/mol. The van der Waals surface area contributed by atoms with Crippen LogP contribution < -0.4 is 5.32 Å². The van der Waals surface area contributed by atoms with Crippen LogP contribution in [0.5, 0.6) is 0 Å². The summed E-state index contributed by atoms with van der Waals surface area (Å²) in [5, 5.41) is 17.3. The number of aryl methyl sites for hydroxylation is 2. The molecule has 0 spiro atoms. The Morgan fingerprint density at radius 3 is 2.86 bits per heavy atom. The van der Waals surface area contributed by atoms with Gasteiger partial charge in [0.05, 0.1) is 11.7 Å². The Hall–Kier alpha value is -3.06. The average molecular weight is 392 g/mol. The zero-order valence-corrected chi connectivity index (χ0v) is 16.8. The molecule has 2 aromatic heterocycles. The molecule has 7 heteroatoms. The van der Waals surface area contributed by atoms with Crippen molar-refractivity contribution in [3.05, 3.63) is 64.8 Å². The summed E-state index contributed by atoms with van der Waals surface area (Å²) in [6, 6.07) is 9.30. The summed E-state index contributed by atoms with van der Waals surface area (Å²) < 4.78 is 5.20. The van der Waals surface area contributed by atoms with Gasteiger partial charge >= 0.3 is 0 Å². The van der Waals surface area contributed by atoms with Gasteiger partial charge in [-0.25, -0.2) is 0 Å². The van der Waals surface area contributed by atoms with Crippen molar-refractivity contribution in [3.63, 3.8) is 0 Å². The maximum Gasteiger partial charge on any atom is 0.251 e. The summed E-state index contributed by atoms with van der Waals surface area (Å²) in [6.45, 7) is 5.27. The van der Waals surface area contributed by atoms with Crippen LogP contribution in [0.25, 0.3) is 11.4 Å². The van der Waals surface area contributed by atoms with Crippen LogP contribution in [0.15, 0.2) is 41.1 Å². The van der Waals surface area contributed by atoms with Gasteiger partial charge in [0.15, 0.2) is 0 Å². The molecular formula is C22H24N4O3. The number of benzene rings is 1. The number of aliphatic hydroxyl groups is 1. The minimum absolute atomic E-state index is 0.0539. The quantitative estimate of drug-likeness (QED) is 0.691. The van der Waals surface area contributed by atoms with E-state index >= 15 is 0 Å². The standard InChI is InChI=1S/C22H24N4O3/c1-4-19-25-20(26-29-19)14-5-7-16-13(11-14)6-8-17(16)24-21(27)15-9-10-23-18(12-15)22(2,3)28/h5,7,9-12,17,28H,4,6,8H2,1-3H3,(H,24,27). The first kappa shape index (κ1) is 19.3. The van der Waals surface area contributed by atoms with E-state index in [-0.39, 0.29) is 11.9 Å². The number of nitrogens with one attached hydrogen (secondary N) is 1. The molecule has 0 saturated heterocycles. The van der Waals surface area contributed by atoms with Crippen molar-refractivity contribution in [2.24, 2.45) is 0 Å². The van der Waals surface area contributed by atoms with Gasteiger partial charge in [-0.3, -0.25) is 9.78 Å². The van der Waals surface area contributed by atoms with Gasteiger partial charge in [0.2, 0.25) is 11.7 Å². The number of hydrogen-bond donors (Lipinski definition) is 2. The molecule has 1 aromatic carbocycles. The summed E-state index contributed by atoms with van der Waals surface area (Å²) >= 11 is 0. The Balaban J connectivity index is 1.52. The van der Waals surface area contributed by atoms with Crippen molar-refractivity contribution in [3.8, 4) is 11.4 Å². The highest BCUT2D eigenvalue weighted by Gasteiger charge is 2.26. The predicted octanol–water partition coefficient (Wildman–Crippen LogP) is 3.34. The normalized spacial score (nSPS) is 15.9. The van der Waals surface area contributed by atoms with Gasteiger partial charge in [0.1, 0.15) is 5.60 Å². The van der Waals surface area contributed by atoms with Gasteiger partial charge in [0, 0.05) is 23.7 Å². The number of carbonyl (C=O) groups excluding carboxylic acids is 1. The van der Waals surface area contributed by atoms with Gasteiger partial charge in [-0.1, -0.05) is 24.2 Å². The number of fused-ring (bicyclic) bond motifs is 1. The molecule has 1 atom stereocenters. The Labute approximate surface area is 169 Å². The van der Waals surface area contributed by atoms with Crippen LogP contribution in [-0.4, -0.2) is 26.1 Å². The van der Waals surface area contributed by atoms with E-state index in [0.29, 0.717) is 29.4 Å². The first-order valence-corrected chi connectivity index (χ1v) is 9.80. The SMILES string of the molecule is CCc1nc(-c2ccc3c(c2)CCC3NC(=O)c2ccnc(C(C)(C)O)c2)no1. The van der Waals surface area contributed by atoms with E-state index in [9.17, 15) is 9.90 Å². The van der Waals surface area contributed by atoms with Crippen LogP contribution >= 0.6 is 0 Å². The van der Waals surface area contributed by atoms with Crippen LogP contribution in [-0.2, 0) is 18.4 Å². The Morgan fingerprint density at radius 2 is 2.14 bits per heavy atom. The lowest BCUT2D eigenvalue weighted by Gasteiger charge is -2.18. The molecule has 7 nitrogen and oxygen atoms in total. The van der Waals surface area contributed by atoms with Crippen LogP contribution in [0.2, 0.25) is 0 Å². The van der Waals surface area contributed by atoms with Gasteiger partial charge < -0.3 is 14.9 Å². The van der Waals surface area contributed by atoms with Crippen molar-refractivity contribution < 1.29 is 14.4 Å². The van der Waals surface area contributed by atoms with E-state index in [1.54, 1.807) is 32.2 Å². The zero-order valence-electron chi connectivity index (χ0n) is 16.8. The number of hydrogen-bond acceptors (Lipinski definition) is 6. The molecule has 0 saturated carbocycles. The summed E-state index contributed by atoms with van der Waals surface area (Å²) in [6.07, 6.45) is 3.96. The molecule has 2 N–H and O–H groups in total. The number of amides is 1. The fourth-order valence-corrected chi connectivity index (χ4v) is 3.57. The molecule has 4 rings (SSSR count). The lowest BCUT2D eigenvalue weighted by Crippen LogP contribution is -2.28. The lowest BCUT2D eigenvalue weighted by atomic mass is 10.0. The van der Waals surface area contributed by atoms with Crippen molar-refractivity contribution in [1.82, 2.24) is 20.4 Å². The van der Waals surface area contributed by atoms with Crippen molar-refractivity contribution in [1.29, 1.82) is 0 Å². The maximum atomic E-state index is 12.8.